The van der Waals surface area contributed by atoms with Gasteiger partial charge in [0.2, 0.25) is 11.8 Å². The largest absolute Gasteiger partial charge is 0.273 e. The zero-order chi connectivity index (χ0) is 23.6. The Morgan fingerprint density at radius 3 is 1.22 bits per heavy atom. The smallest absolute Gasteiger partial charge is 0.269 e. The number of benzene rings is 1. The van der Waals surface area contributed by atoms with E-state index >= 15 is 0 Å². The average molecular weight is 447 g/mol. The van der Waals surface area contributed by atoms with Crippen molar-refractivity contribution < 1.29 is 19.2 Å². The maximum absolute atomic E-state index is 12.1. The van der Waals surface area contributed by atoms with E-state index in [0.717, 1.165) is 64.2 Å². The quantitative estimate of drug-likeness (QED) is 0.256. The molecular formula is C24H38N4O4. The molecule has 0 aliphatic heterocycles. The van der Waals surface area contributed by atoms with Crippen molar-refractivity contribution in [1.82, 2.24) is 21.7 Å². The maximum atomic E-state index is 12.1. The molecule has 0 heterocycles. The summed E-state index contributed by atoms with van der Waals surface area (Å²) in [6.07, 6.45) is 11.2. The third-order valence-electron chi connectivity index (χ3n) is 5.05. The zero-order valence-corrected chi connectivity index (χ0v) is 19.4. The summed E-state index contributed by atoms with van der Waals surface area (Å²) in [5, 5.41) is 0. The van der Waals surface area contributed by atoms with E-state index < -0.39 is 11.8 Å². The number of carbonyl (C=O) groups is 4. The molecular weight excluding hydrogens is 408 g/mol. The summed E-state index contributed by atoms with van der Waals surface area (Å²) in [6.45, 7) is 4.27. The predicted molar refractivity (Wildman–Crippen MR) is 124 cm³/mol. The molecule has 4 amide bonds. The van der Waals surface area contributed by atoms with Gasteiger partial charge in [-0.2, -0.15) is 0 Å². The lowest BCUT2D eigenvalue weighted by Gasteiger charge is -2.09. The molecule has 4 N–H and O–H groups in total. The van der Waals surface area contributed by atoms with Crippen LogP contribution in [0.4, 0.5) is 0 Å². The van der Waals surface area contributed by atoms with E-state index in [2.05, 4.69) is 35.6 Å². The minimum Gasteiger partial charge on any atom is -0.273 e. The van der Waals surface area contributed by atoms with Gasteiger partial charge in [-0.05, 0) is 37.1 Å². The van der Waals surface area contributed by atoms with Crippen molar-refractivity contribution >= 4 is 23.6 Å². The number of rotatable bonds is 14. The Bertz CT molecular complexity index is 658. The summed E-state index contributed by atoms with van der Waals surface area (Å²) < 4.78 is 0. The fraction of sp³-hybridized carbons (Fsp3) is 0.583. The molecule has 32 heavy (non-hydrogen) atoms. The highest BCUT2D eigenvalue weighted by atomic mass is 16.2. The van der Waals surface area contributed by atoms with E-state index in [9.17, 15) is 19.2 Å². The molecule has 0 bridgehead atoms. The van der Waals surface area contributed by atoms with Crippen LogP contribution in [0.15, 0.2) is 24.3 Å². The van der Waals surface area contributed by atoms with Gasteiger partial charge >= 0.3 is 0 Å². The highest BCUT2D eigenvalue weighted by molar-refractivity contribution is 5.98. The molecule has 1 aromatic carbocycles. The Kier molecular flexibility index (Phi) is 14.2. The van der Waals surface area contributed by atoms with Crippen LogP contribution >= 0.6 is 0 Å². The molecule has 1 aromatic rings. The lowest BCUT2D eigenvalue weighted by molar-refractivity contribution is -0.122. The van der Waals surface area contributed by atoms with Gasteiger partial charge in [-0.1, -0.05) is 65.2 Å². The fourth-order valence-corrected chi connectivity index (χ4v) is 3.07. The third-order valence-corrected chi connectivity index (χ3v) is 5.05. The van der Waals surface area contributed by atoms with Crippen LogP contribution in [0.1, 0.15) is 112 Å². The summed E-state index contributed by atoms with van der Waals surface area (Å²) in [5.41, 5.74) is 10.2. The number of hydrogen-bond donors (Lipinski definition) is 4. The predicted octanol–water partition coefficient (Wildman–Crippen LogP) is 3.93. The van der Waals surface area contributed by atoms with Crippen molar-refractivity contribution in [2.45, 2.75) is 90.9 Å². The van der Waals surface area contributed by atoms with Crippen molar-refractivity contribution in [2.24, 2.45) is 0 Å². The molecule has 1 rings (SSSR count). The molecule has 178 valence electrons. The van der Waals surface area contributed by atoms with E-state index in [1.54, 1.807) is 0 Å². The van der Waals surface area contributed by atoms with Crippen LogP contribution in [0.2, 0.25) is 0 Å². The number of hydrazine groups is 2. The average Bonchev–Trinajstić information content (AvgIpc) is 2.80. The first-order valence-electron chi connectivity index (χ1n) is 11.8. The number of nitrogens with one attached hydrogen (secondary N) is 4. The molecule has 0 saturated heterocycles. The van der Waals surface area contributed by atoms with E-state index in [1.807, 2.05) is 0 Å². The van der Waals surface area contributed by atoms with Gasteiger partial charge in [0.15, 0.2) is 0 Å². The fourth-order valence-electron chi connectivity index (χ4n) is 3.07. The van der Waals surface area contributed by atoms with Gasteiger partial charge in [0.05, 0.1) is 0 Å². The SMILES string of the molecule is CCCCCCCC(=O)NNC(=O)c1ccc(C(=O)NNC(=O)CCCCCCC)cc1. The van der Waals surface area contributed by atoms with Crippen molar-refractivity contribution in [2.75, 3.05) is 0 Å². The molecule has 0 unspecified atom stereocenters. The van der Waals surface area contributed by atoms with E-state index in [4.69, 9.17) is 0 Å². The van der Waals surface area contributed by atoms with E-state index in [0.29, 0.717) is 24.0 Å². The summed E-state index contributed by atoms with van der Waals surface area (Å²) in [4.78, 5) is 47.8. The molecule has 0 radical (unpaired) electrons. The Morgan fingerprint density at radius 1 is 0.531 bits per heavy atom. The summed E-state index contributed by atoms with van der Waals surface area (Å²) in [7, 11) is 0. The molecule has 0 aromatic heterocycles. The Hall–Kier alpha value is -2.90. The lowest BCUT2D eigenvalue weighted by atomic mass is 10.1. The maximum Gasteiger partial charge on any atom is 0.269 e. The summed E-state index contributed by atoms with van der Waals surface area (Å²) >= 11 is 0. The van der Waals surface area contributed by atoms with Crippen LogP contribution in [0, 0.1) is 0 Å². The highest BCUT2D eigenvalue weighted by Gasteiger charge is 2.11. The van der Waals surface area contributed by atoms with Crippen molar-refractivity contribution in [3.05, 3.63) is 35.4 Å². The van der Waals surface area contributed by atoms with Gasteiger partial charge in [0.1, 0.15) is 0 Å². The minimum atomic E-state index is -0.465. The highest BCUT2D eigenvalue weighted by Crippen LogP contribution is 2.06. The second-order valence-electron chi connectivity index (χ2n) is 7.91. The normalized spacial score (nSPS) is 10.3. The summed E-state index contributed by atoms with van der Waals surface area (Å²) in [5.74, 6) is -1.39. The van der Waals surface area contributed by atoms with E-state index in [1.165, 1.54) is 24.3 Å². The molecule has 8 nitrogen and oxygen atoms in total. The van der Waals surface area contributed by atoms with Gasteiger partial charge in [-0.3, -0.25) is 40.9 Å². The third kappa shape index (κ3) is 12.1. The van der Waals surface area contributed by atoms with Gasteiger partial charge in [0, 0.05) is 24.0 Å². The Morgan fingerprint density at radius 2 is 0.875 bits per heavy atom. The monoisotopic (exact) mass is 446 g/mol. The molecule has 0 spiro atoms. The van der Waals surface area contributed by atoms with Crippen molar-refractivity contribution in [1.29, 1.82) is 0 Å². The van der Waals surface area contributed by atoms with Crippen LogP contribution in [0.25, 0.3) is 0 Å². The van der Waals surface area contributed by atoms with Gasteiger partial charge in [-0.15, -0.1) is 0 Å². The molecule has 0 aliphatic rings. The van der Waals surface area contributed by atoms with Crippen LogP contribution in [0.5, 0.6) is 0 Å². The Labute approximate surface area is 191 Å². The molecule has 8 heteroatoms. The van der Waals surface area contributed by atoms with Crippen LogP contribution in [-0.2, 0) is 9.59 Å². The van der Waals surface area contributed by atoms with Gasteiger partial charge in [-0.25, -0.2) is 0 Å². The molecule has 0 atom stereocenters. The zero-order valence-electron chi connectivity index (χ0n) is 19.4. The van der Waals surface area contributed by atoms with Crippen LogP contribution < -0.4 is 21.7 Å². The number of hydrogen-bond acceptors (Lipinski definition) is 4. The number of amides is 4. The molecule has 0 saturated carbocycles. The Balaban J connectivity index is 2.30. The summed E-state index contributed by atoms with van der Waals surface area (Å²) in [6, 6.07) is 5.93. The number of unbranched alkanes of at least 4 members (excludes halogenated alkanes) is 8. The molecule has 0 aliphatic carbocycles. The van der Waals surface area contributed by atoms with Gasteiger partial charge < -0.3 is 0 Å². The first kappa shape index (κ1) is 27.1. The number of carbonyl (C=O) groups excluding carboxylic acids is 4. The second-order valence-corrected chi connectivity index (χ2v) is 7.91. The lowest BCUT2D eigenvalue weighted by Crippen LogP contribution is -2.42. The van der Waals surface area contributed by atoms with Gasteiger partial charge in [0.25, 0.3) is 11.8 Å². The van der Waals surface area contributed by atoms with Crippen LogP contribution in [0.3, 0.4) is 0 Å². The van der Waals surface area contributed by atoms with Crippen molar-refractivity contribution in [3.8, 4) is 0 Å². The molecule has 0 fully saturated rings. The van der Waals surface area contributed by atoms with E-state index in [-0.39, 0.29) is 11.8 Å². The standard InChI is InChI=1S/C24H38N4O4/c1-3-5-7-9-11-13-21(29)25-27-23(31)19-15-17-20(18-16-19)24(32)28-26-22(30)14-12-10-8-6-4-2/h15-18H,3-14H2,1-2H3,(H,25,29)(H,26,30)(H,27,31)(H,28,32). The topological polar surface area (TPSA) is 116 Å². The van der Waals surface area contributed by atoms with Crippen LogP contribution in [-0.4, -0.2) is 23.6 Å². The minimum absolute atomic E-state index is 0.230. The first-order valence-corrected chi connectivity index (χ1v) is 11.8. The first-order chi connectivity index (χ1) is 15.5. The second kappa shape index (κ2) is 16.8. The van der Waals surface area contributed by atoms with Crippen molar-refractivity contribution in [3.63, 3.8) is 0 Å².